The molecule has 2 aliphatic carbocycles. The summed E-state index contributed by atoms with van der Waals surface area (Å²) in [4.78, 5) is 4.96. The molecule has 0 aliphatic heterocycles. The van der Waals surface area contributed by atoms with Crippen LogP contribution in [0.4, 0.5) is 28.4 Å². The smallest absolute Gasteiger partial charge is 0.0565 e. The Hall–Kier alpha value is -5.60. The van der Waals surface area contributed by atoms with Gasteiger partial charge in [0.2, 0.25) is 0 Å². The van der Waals surface area contributed by atoms with Crippen molar-refractivity contribution in [1.82, 2.24) is 0 Å². The summed E-state index contributed by atoms with van der Waals surface area (Å²) in [6, 6.07) is 48.8. The van der Waals surface area contributed by atoms with Crippen LogP contribution in [0.15, 0.2) is 158 Å². The van der Waals surface area contributed by atoms with Crippen molar-refractivity contribution in [1.29, 1.82) is 0 Å². The molecule has 8 rings (SSSR count). The number of hydrogen-bond donors (Lipinski definition) is 0. The minimum atomic E-state index is 0.203. The third kappa shape index (κ3) is 5.54. The van der Waals surface area contributed by atoms with Crippen molar-refractivity contribution in [3.05, 3.63) is 186 Å². The van der Waals surface area contributed by atoms with Gasteiger partial charge in [0, 0.05) is 28.0 Å². The molecule has 2 aliphatic rings. The van der Waals surface area contributed by atoms with Crippen LogP contribution in [0, 0.1) is 13.8 Å². The SMILES string of the molecule is Cc1ccc2c(c1N(c1ccccc1)c1ccc(C3=CCC(N(c4ccccc4)c4c(C)ccc5ccccc45)C=C3)cc1)C=CCC2. The molecule has 0 aromatic heterocycles. The van der Waals surface area contributed by atoms with Crippen LogP contribution in [0.5, 0.6) is 0 Å². The van der Waals surface area contributed by atoms with Crippen molar-refractivity contribution < 1.29 is 0 Å². The van der Waals surface area contributed by atoms with Crippen LogP contribution in [-0.4, -0.2) is 6.04 Å². The van der Waals surface area contributed by atoms with Gasteiger partial charge < -0.3 is 9.80 Å². The molecule has 0 bridgehead atoms. The summed E-state index contributed by atoms with van der Waals surface area (Å²) >= 11 is 0. The normalized spacial score (nSPS) is 15.2. The topological polar surface area (TPSA) is 6.48 Å². The average molecular weight is 621 g/mol. The van der Waals surface area contributed by atoms with E-state index in [0.717, 1.165) is 19.3 Å². The van der Waals surface area contributed by atoms with Gasteiger partial charge in [-0.15, -0.1) is 0 Å². The maximum atomic E-state index is 2.53. The summed E-state index contributed by atoms with van der Waals surface area (Å²) in [5.74, 6) is 0. The standard InChI is InChI=1S/C46H40N2/c1-33-21-23-37-13-9-11-19-43(37)45(33)47(39-15-5-3-6-16-39)41-29-25-35(26-30-41)36-27-31-42(32-28-36)48(40-17-7-4-8-18-40)46-34(2)22-24-38-14-10-12-20-44(38)46/h3-9,11-13,15-29,31-32,41H,10,14,30H2,1-2H3. The number of allylic oxidation sites excluding steroid dienone is 3. The van der Waals surface area contributed by atoms with Crippen molar-refractivity contribution >= 4 is 50.9 Å². The number of para-hydroxylation sites is 2. The van der Waals surface area contributed by atoms with Gasteiger partial charge >= 0.3 is 0 Å². The van der Waals surface area contributed by atoms with Crippen LogP contribution in [0.25, 0.3) is 22.4 Å². The lowest BCUT2D eigenvalue weighted by Crippen LogP contribution is -2.30. The Morgan fingerprint density at radius 3 is 2.00 bits per heavy atom. The van der Waals surface area contributed by atoms with Gasteiger partial charge in [-0.1, -0.05) is 127 Å². The molecule has 234 valence electrons. The van der Waals surface area contributed by atoms with E-state index in [4.69, 9.17) is 0 Å². The number of nitrogens with zero attached hydrogens (tertiary/aromatic N) is 2. The van der Waals surface area contributed by atoms with E-state index in [0.29, 0.717) is 0 Å². The molecule has 2 heteroatoms. The van der Waals surface area contributed by atoms with Crippen molar-refractivity contribution in [3.8, 4) is 0 Å². The quantitative estimate of drug-likeness (QED) is 0.175. The number of fused-ring (bicyclic) bond motifs is 2. The van der Waals surface area contributed by atoms with Gasteiger partial charge in [0.1, 0.15) is 0 Å². The summed E-state index contributed by atoms with van der Waals surface area (Å²) in [5, 5.41) is 2.55. The first-order valence-electron chi connectivity index (χ1n) is 17.1. The summed E-state index contributed by atoms with van der Waals surface area (Å²) in [6.07, 6.45) is 14.9. The largest absolute Gasteiger partial charge is 0.333 e. The molecule has 48 heavy (non-hydrogen) atoms. The van der Waals surface area contributed by atoms with Crippen molar-refractivity contribution in [2.24, 2.45) is 0 Å². The van der Waals surface area contributed by atoms with Gasteiger partial charge in [-0.05, 0) is 103 Å². The Morgan fingerprint density at radius 1 is 0.583 bits per heavy atom. The Balaban J connectivity index is 1.13. The highest BCUT2D eigenvalue weighted by Crippen LogP contribution is 2.43. The molecule has 0 radical (unpaired) electrons. The molecule has 0 N–H and O–H groups in total. The van der Waals surface area contributed by atoms with Crippen LogP contribution in [0.3, 0.4) is 0 Å². The van der Waals surface area contributed by atoms with E-state index in [1.54, 1.807) is 0 Å². The number of rotatable bonds is 7. The summed E-state index contributed by atoms with van der Waals surface area (Å²) in [7, 11) is 0. The predicted octanol–water partition coefficient (Wildman–Crippen LogP) is 12.4. The molecule has 0 saturated heterocycles. The van der Waals surface area contributed by atoms with Crippen LogP contribution in [0.1, 0.15) is 40.7 Å². The Bertz CT molecular complexity index is 2170. The molecule has 0 fully saturated rings. The van der Waals surface area contributed by atoms with Crippen LogP contribution < -0.4 is 9.80 Å². The fourth-order valence-electron chi connectivity index (χ4n) is 7.46. The number of aryl methyl sites for hydroxylation is 3. The second-order valence-electron chi connectivity index (χ2n) is 12.9. The molecule has 0 spiro atoms. The van der Waals surface area contributed by atoms with Crippen molar-refractivity contribution in [2.75, 3.05) is 9.80 Å². The van der Waals surface area contributed by atoms with Crippen LogP contribution in [-0.2, 0) is 6.42 Å². The predicted molar refractivity (Wildman–Crippen MR) is 206 cm³/mol. The van der Waals surface area contributed by atoms with Crippen LogP contribution >= 0.6 is 0 Å². The first-order chi connectivity index (χ1) is 23.7. The zero-order valence-corrected chi connectivity index (χ0v) is 27.7. The molecule has 0 saturated carbocycles. The molecule has 6 aromatic carbocycles. The zero-order valence-electron chi connectivity index (χ0n) is 27.7. The van der Waals surface area contributed by atoms with Gasteiger partial charge in [0.15, 0.2) is 0 Å². The molecule has 1 unspecified atom stereocenters. The van der Waals surface area contributed by atoms with E-state index >= 15 is 0 Å². The van der Waals surface area contributed by atoms with Gasteiger partial charge in [-0.3, -0.25) is 0 Å². The van der Waals surface area contributed by atoms with E-state index in [-0.39, 0.29) is 6.04 Å². The van der Waals surface area contributed by atoms with Gasteiger partial charge in [0.25, 0.3) is 0 Å². The third-order valence-corrected chi connectivity index (χ3v) is 9.86. The van der Waals surface area contributed by atoms with Crippen molar-refractivity contribution in [3.63, 3.8) is 0 Å². The first kappa shape index (κ1) is 29.8. The Labute approximate surface area is 284 Å². The lowest BCUT2D eigenvalue weighted by atomic mass is 9.92. The summed E-state index contributed by atoms with van der Waals surface area (Å²) < 4.78 is 0. The highest BCUT2D eigenvalue weighted by atomic mass is 15.2. The van der Waals surface area contributed by atoms with E-state index in [2.05, 4.69) is 187 Å². The highest BCUT2D eigenvalue weighted by molar-refractivity contribution is 5.98. The second kappa shape index (κ2) is 12.9. The van der Waals surface area contributed by atoms with E-state index < -0.39 is 0 Å². The highest BCUT2D eigenvalue weighted by Gasteiger charge is 2.24. The summed E-state index contributed by atoms with van der Waals surface area (Å²) in [5.41, 5.74) is 13.9. The molecule has 2 nitrogen and oxygen atoms in total. The van der Waals surface area contributed by atoms with E-state index in [9.17, 15) is 0 Å². The zero-order chi connectivity index (χ0) is 32.5. The molecular weight excluding hydrogens is 581 g/mol. The molecule has 0 heterocycles. The molecule has 6 aromatic rings. The third-order valence-electron chi connectivity index (χ3n) is 9.86. The monoisotopic (exact) mass is 620 g/mol. The number of benzene rings is 6. The van der Waals surface area contributed by atoms with Gasteiger partial charge in [0.05, 0.1) is 17.4 Å². The van der Waals surface area contributed by atoms with Crippen LogP contribution in [0.2, 0.25) is 0 Å². The summed E-state index contributed by atoms with van der Waals surface area (Å²) in [6.45, 7) is 4.46. The molecule has 0 amide bonds. The fourth-order valence-corrected chi connectivity index (χ4v) is 7.46. The Kier molecular flexibility index (Phi) is 8.00. The van der Waals surface area contributed by atoms with E-state index in [1.807, 2.05) is 0 Å². The van der Waals surface area contributed by atoms with E-state index in [1.165, 1.54) is 72.6 Å². The molecular formula is C46H40N2. The lowest BCUT2D eigenvalue weighted by molar-refractivity contribution is 0.787. The number of anilines is 5. The van der Waals surface area contributed by atoms with Gasteiger partial charge in [-0.2, -0.15) is 0 Å². The maximum absolute atomic E-state index is 2.53. The minimum Gasteiger partial charge on any atom is -0.333 e. The minimum absolute atomic E-state index is 0.203. The second-order valence-corrected chi connectivity index (χ2v) is 12.9. The Morgan fingerprint density at radius 2 is 1.25 bits per heavy atom. The fraction of sp³-hybridized carbons (Fsp3) is 0.130. The first-order valence-corrected chi connectivity index (χ1v) is 17.1. The average Bonchev–Trinajstić information content (AvgIpc) is 3.15. The van der Waals surface area contributed by atoms with Gasteiger partial charge in [-0.25, -0.2) is 0 Å². The maximum Gasteiger partial charge on any atom is 0.0565 e. The molecule has 1 atom stereocenters. The number of hydrogen-bond acceptors (Lipinski definition) is 2. The van der Waals surface area contributed by atoms with Crippen molar-refractivity contribution in [2.45, 2.75) is 39.2 Å². The lowest BCUT2D eigenvalue weighted by Gasteiger charge is -2.35.